The number of rotatable bonds is 8. The second kappa shape index (κ2) is 19.1. The van der Waals surface area contributed by atoms with Crippen molar-refractivity contribution in [3.63, 3.8) is 0 Å². The molecular weight excluding hydrogens is 687 g/mol. The second-order valence-corrected chi connectivity index (χ2v) is 12.5. The Balaban J connectivity index is 0.00000246. The number of nitrogens with two attached hydrogens (primary N) is 1. The molecule has 0 aliphatic rings. The number of nitrogen functional groups attached to an aromatic ring is 1. The van der Waals surface area contributed by atoms with Gasteiger partial charge in [0.25, 0.3) is 5.69 Å². The molecule has 0 saturated carbocycles. The summed E-state index contributed by atoms with van der Waals surface area (Å²) in [6.45, 7) is 0. The zero-order valence-corrected chi connectivity index (χ0v) is 29.5. The molecule has 0 spiro atoms. The van der Waals surface area contributed by atoms with Crippen LogP contribution in [0.15, 0.2) is 108 Å². The van der Waals surface area contributed by atoms with Gasteiger partial charge in [0.15, 0.2) is 5.75 Å². The van der Waals surface area contributed by atoms with Crippen molar-refractivity contribution in [3.05, 3.63) is 82.9 Å². The van der Waals surface area contributed by atoms with E-state index in [-0.39, 0.29) is 97.1 Å². The predicted octanol–water partition coefficient (Wildman–Crippen LogP) is -3.70. The van der Waals surface area contributed by atoms with Gasteiger partial charge in [-0.2, -0.15) is 5.11 Å². The Kier molecular flexibility index (Phi) is 17.6. The van der Waals surface area contributed by atoms with E-state index in [9.17, 15) is 45.7 Å². The van der Waals surface area contributed by atoms with Crippen LogP contribution in [-0.2, 0) is 20.2 Å². The molecule has 0 fully saturated rings. The van der Waals surface area contributed by atoms with Crippen LogP contribution in [0.2, 0.25) is 0 Å². The third kappa shape index (κ3) is 10.3. The van der Waals surface area contributed by atoms with Crippen LogP contribution in [0.5, 0.6) is 5.75 Å². The van der Waals surface area contributed by atoms with E-state index in [1.165, 1.54) is 48.5 Å². The van der Waals surface area contributed by atoms with Crippen molar-refractivity contribution in [2.45, 2.75) is 14.7 Å². The first-order chi connectivity index (χ1) is 22.2. The van der Waals surface area contributed by atoms with Crippen molar-refractivity contribution in [2.75, 3.05) is 5.73 Å². The van der Waals surface area contributed by atoms with Crippen molar-refractivity contribution >= 4 is 119 Å². The second-order valence-electron chi connectivity index (χ2n) is 9.12. The molecule has 0 heterocycles. The molecule has 3 N–H and O–H groups in total. The summed E-state index contributed by atoms with van der Waals surface area (Å²) in [6.07, 6.45) is 0. The summed E-state index contributed by atoms with van der Waals surface area (Å²) < 4.78 is 82.2. The van der Waals surface area contributed by atoms with Gasteiger partial charge in [0, 0.05) is 28.3 Å². The third-order valence-corrected chi connectivity index (χ3v) is 8.57. The first kappa shape index (κ1) is 46.0. The van der Waals surface area contributed by atoms with Crippen molar-refractivity contribution in [3.8, 4) is 5.75 Å². The van der Waals surface area contributed by atoms with Crippen LogP contribution in [0.3, 0.4) is 0 Å². The van der Waals surface area contributed by atoms with Gasteiger partial charge in [0.2, 0.25) is 0 Å². The molecule has 0 aromatic heterocycles. The Morgan fingerprint density at radius 2 is 1.26 bits per heavy atom. The zero-order valence-electron chi connectivity index (χ0n) is 27.1. The van der Waals surface area contributed by atoms with Gasteiger partial charge in [-0.25, -0.2) is 28.9 Å². The molecule has 0 amide bonds. The summed E-state index contributed by atoms with van der Waals surface area (Å²) in [7, 11) is -10.7. The summed E-state index contributed by atoms with van der Waals surface area (Å²) in [5.41, 5.74) is 5.15. The van der Waals surface area contributed by atoms with E-state index in [0.717, 1.165) is 12.1 Å². The summed E-state index contributed by atoms with van der Waals surface area (Å²) in [5.74, 6) is -0.860. The Bertz CT molecular complexity index is 2350. The SMILES string of the molecule is Nc1c(S(=O)(=O)[O-])cc(S(=O)(=O)[O-])c2ccc(N=Nc3ccc(N=Nc4cccc([N+](=O)[O-])c4)c4cc(S[O-])ccc34)c(O)c12.[Li+].[Li+].[Li+].[Li][Li]. The number of nitro groups is 1. The zero-order chi connectivity index (χ0) is 34.7. The molecule has 5 aromatic rings. The van der Waals surface area contributed by atoms with E-state index in [1.807, 2.05) is 30.8 Å². The van der Waals surface area contributed by atoms with Gasteiger partial charge in [-0.05, 0) is 47.4 Å². The van der Waals surface area contributed by atoms with Gasteiger partial charge in [0.1, 0.15) is 25.9 Å². The molecule has 0 saturated heterocycles. The first-order valence-corrected chi connectivity index (χ1v) is 16.7. The fourth-order valence-corrected chi connectivity index (χ4v) is 6.06. The molecule has 0 radical (unpaired) electrons. The number of non-ortho nitro benzene ring substituents is 1. The van der Waals surface area contributed by atoms with Crippen LogP contribution in [0.4, 0.5) is 34.1 Å². The van der Waals surface area contributed by atoms with Gasteiger partial charge in [0.05, 0.1) is 42.9 Å². The summed E-state index contributed by atoms with van der Waals surface area (Å²) in [5, 5.41) is 38.0. The van der Waals surface area contributed by atoms with Crippen LogP contribution in [-0.4, -0.2) is 71.3 Å². The maximum absolute atomic E-state index is 11.8. The third-order valence-electron chi connectivity index (χ3n) is 6.38. The number of phenols is 1. The number of anilines is 1. The molecule has 0 aliphatic heterocycles. The number of nitrogens with zero attached hydrogens (tertiary/aromatic N) is 5. The van der Waals surface area contributed by atoms with Crippen molar-refractivity contribution in [1.82, 2.24) is 0 Å². The minimum atomic E-state index is -5.37. The fraction of sp³-hybridized carbons (Fsp3) is 0. The van der Waals surface area contributed by atoms with E-state index >= 15 is 0 Å². The standard InChI is InChI=1S/C26H18N6O10S3.5Li/c27-25-23(45(40,41)42)12-22(44(37,38)39)17-6-7-21(26(33)24(17)25)31-30-19-8-9-20(18-11-15(43-36)4-5-16(18)19)29-28-13-2-1-3-14(10-13)32(34)35;;;;;/h1-12,33,36H,27H2,(H,37,38,39)(H,40,41,42);;;;;/q;;;3*+1/p-3. The van der Waals surface area contributed by atoms with E-state index in [1.54, 1.807) is 6.07 Å². The molecule has 50 heavy (non-hydrogen) atoms. The molecule has 24 heteroatoms. The van der Waals surface area contributed by atoms with Gasteiger partial charge >= 0.3 is 87.4 Å². The molecular formula is C26H15Li5N6O10S3. The van der Waals surface area contributed by atoms with E-state index in [0.29, 0.717) is 21.7 Å². The topological polar surface area (TPSA) is 276 Å². The molecule has 0 aliphatic carbocycles. The molecule has 16 nitrogen and oxygen atoms in total. The normalized spacial score (nSPS) is 11.4. The van der Waals surface area contributed by atoms with Gasteiger partial charge in [-0.15, -0.1) is 15.3 Å². The van der Waals surface area contributed by atoms with Crippen molar-refractivity contribution in [1.29, 1.82) is 0 Å². The van der Waals surface area contributed by atoms with Crippen molar-refractivity contribution in [2.24, 2.45) is 20.5 Å². The van der Waals surface area contributed by atoms with E-state index in [4.69, 9.17) is 5.73 Å². The van der Waals surface area contributed by atoms with Crippen LogP contribution in [0.25, 0.3) is 21.5 Å². The monoisotopic (exact) mass is 702 g/mol. The minimum absolute atomic E-state index is 0. The fourth-order valence-electron chi connectivity index (χ4n) is 4.36. The number of hydrogen-bond donors (Lipinski definition) is 2. The molecule has 5 aromatic carbocycles. The average Bonchev–Trinajstić information content (AvgIpc) is 3.03. The van der Waals surface area contributed by atoms with Gasteiger partial charge < -0.3 is 24.5 Å². The molecule has 0 atom stereocenters. The Morgan fingerprint density at radius 1 is 0.720 bits per heavy atom. The molecule has 0 unspecified atom stereocenters. The predicted molar refractivity (Wildman–Crippen MR) is 169 cm³/mol. The number of phenolic OH excluding ortho intramolecular Hbond substituents is 1. The summed E-state index contributed by atoms with van der Waals surface area (Å²) >= 11 is 4.21. The van der Waals surface area contributed by atoms with Crippen LogP contribution in [0.1, 0.15) is 0 Å². The molecule has 232 valence electrons. The van der Waals surface area contributed by atoms with Crippen LogP contribution in [0, 0.1) is 10.1 Å². The number of azo groups is 2. The number of benzene rings is 5. The number of hydrogen-bond acceptors (Lipinski definition) is 16. The van der Waals surface area contributed by atoms with Crippen molar-refractivity contribution < 1.29 is 97.1 Å². The summed E-state index contributed by atoms with van der Waals surface area (Å²) in [4.78, 5) is 8.50. The number of aromatic hydroxyl groups is 1. The summed E-state index contributed by atoms with van der Waals surface area (Å²) in [6, 6.07) is 15.4. The van der Waals surface area contributed by atoms with E-state index < -0.39 is 57.2 Å². The number of fused-ring (bicyclic) bond motifs is 2. The Morgan fingerprint density at radius 3 is 1.84 bits per heavy atom. The van der Waals surface area contributed by atoms with E-state index in [2.05, 4.69) is 20.5 Å². The van der Waals surface area contributed by atoms with Gasteiger partial charge in [-0.1, -0.05) is 18.2 Å². The average molecular weight is 702 g/mol. The van der Waals surface area contributed by atoms with Crippen LogP contribution < -0.4 is 62.3 Å². The maximum atomic E-state index is 11.8. The first-order valence-electron chi connectivity index (χ1n) is 13.1. The number of nitro benzene ring substituents is 1. The Labute approximate surface area is 342 Å². The van der Waals surface area contributed by atoms with Crippen LogP contribution >= 0.6 is 12.0 Å². The Hall–Kier alpha value is -2.06. The quantitative estimate of drug-likeness (QED) is 0.0301. The van der Waals surface area contributed by atoms with Gasteiger partial charge in [-0.3, -0.25) is 10.1 Å². The molecule has 0 bridgehead atoms. The molecule has 5 rings (SSSR count).